The first-order valence-corrected chi connectivity index (χ1v) is 4.66. The number of thiocarbonyl (C=S) groups is 1. The van der Waals surface area contributed by atoms with Gasteiger partial charge < -0.3 is 0 Å². The second-order valence-electron chi connectivity index (χ2n) is 2.98. The molecule has 1 aliphatic carbocycles. The highest BCUT2D eigenvalue weighted by molar-refractivity contribution is 7.80. The van der Waals surface area contributed by atoms with Crippen LogP contribution >= 0.6 is 12.2 Å². The Hall–Kier alpha value is 0.0900. The fourth-order valence-electron chi connectivity index (χ4n) is 1.34. The summed E-state index contributed by atoms with van der Waals surface area (Å²) < 4.78 is 0. The molecule has 0 saturated heterocycles. The predicted octanol–water partition coefficient (Wildman–Crippen LogP) is 3.30. The maximum atomic E-state index is 5.16. The molecule has 0 bridgehead atoms. The molecule has 0 aromatic heterocycles. The minimum Gasteiger partial charge on any atom is -0.0894 e. The summed E-state index contributed by atoms with van der Waals surface area (Å²) >= 11 is 5.16. The van der Waals surface area contributed by atoms with Crippen LogP contribution in [0.5, 0.6) is 0 Å². The molecular weight excluding hydrogens is 140 g/mol. The lowest BCUT2D eigenvalue weighted by Crippen LogP contribution is -1.93. The quantitative estimate of drug-likeness (QED) is 0.484. The van der Waals surface area contributed by atoms with Gasteiger partial charge in [-0.05, 0) is 30.5 Å². The van der Waals surface area contributed by atoms with E-state index in [1.165, 1.54) is 43.4 Å². The average molecular weight is 155 g/mol. The van der Waals surface area contributed by atoms with Crippen molar-refractivity contribution in [2.24, 2.45) is 0 Å². The van der Waals surface area contributed by atoms with Crippen molar-refractivity contribution in [3.8, 4) is 0 Å². The van der Waals surface area contributed by atoms with Crippen molar-refractivity contribution in [2.45, 2.75) is 44.9 Å². The van der Waals surface area contributed by atoms with Crippen LogP contribution in [-0.4, -0.2) is 4.86 Å². The van der Waals surface area contributed by atoms with Crippen LogP contribution in [0.25, 0.3) is 0 Å². The maximum Gasteiger partial charge on any atom is -0.00243 e. The van der Waals surface area contributed by atoms with E-state index >= 15 is 0 Å². The summed E-state index contributed by atoms with van der Waals surface area (Å²) in [5.74, 6) is 0. The zero-order chi connectivity index (χ0) is 7.23. The molecule has 0 amide bonds. The summed E-state index contributed by atoms with van der Waals surface area (Å²) in [7, 11) is 0. The van der Waals surface area contributed by atoms with Crippen molar-refractivity contribution >= 4 is 17.1 Å². The highest BCUT2D eigenvalue weighted by Crippen LogP contribution is 2.14. The first kappa shape index (κ1) is 8.19. The van der Waals surface area contributed by atoms with E-state index in [4.69, 9.17) is 12.2 Å². The van der Waals surface area contributed by atoms with E-state index in [9.17, 15) is 0 Å². The smallest absolute Gasteiger partial charge is 0.00243 e. The molecule has 1 saturated carbocycles. The van der Waals surface area contributed by atoms with Gasteiger partial charge in [-0.3, -0.25) is 0 Å². The van der Waals surface area contributed by atoms with Crippen molar-refractivity contribution in [1.29, 1.82) is 0 Å². The van der Waals surface area contributed by atoms with Crippen LogP contribution in [0.4, 0.5) is 0 Å². The molecule has 1 rings (SSSR count). The maximum absolute atomic E-state index is 5.16. The summed E-state index contributed by atoms with van der Waals surface area (Å²) in [6.07, 6.45) is 11.5. The summed E-state index contributed by atoms with van der Waals surface area (Å²) in [4.78, 5) is 1.20. The fraction of sp³-hybridized carbons (Fsp3) is 0.778. The topological polar surface area (TPSA) is 0 Å². The molecule has 0 spiro atoms. The van der Waals surface area contributed by atoms with Gasteiger partial charge in [0, 0.05) is 0 Å². The molecule has 0 atom stereocenters. The molecule has 0 unspecified atom stereocenters. The van der Waals surface area contributed by atoms with Crippen LogP contribution in [-0.2, 0) is 0 Å². The van der Waals surface area contributed by atoms with Crippen molar-refractivity contribution < 1.29 is 0 Å². The summed E-state index contributed by atoms with van der Waals surface area (Å²) in [6, 6.07) is 0. The minimum absolute atomic E-state index is 1.16. The van der Waals surface area contributed by atoms with Crippen LogP contribution in [0.15, 0.2) is 0 Å². The van der Waals surface area contributed by atoms with E-state index < -0.39 is 0 Å². The Morgan fingerprint density at radius 1 is 1.00 bits per heavy atom. The Bertz CT molecular complexity index is 95.3. The molecule has 0 nitrogen and oxygen atoms in total. The highest BCUT2D eigenvalue weighted by Gasteiger charge is 2.01. The van der Waals surface area contributed by atoms with Gasteiger partial charge in [-0.1, -0.05) is 37.9 Å². The Morgan fingerprint density at radius 3 is 2.60 bits per heavy atom. The molecule has 10 heavy (non-hydrogen) atoms. The highest BCUT2D eigenvalue weighted by atomic mass is 32.1. The molecule has 0 aromatic rings. The second-order valence-corrected chi connectivity index (χ2v) is 3.50. The fourth-order valence-corrected chi connectivity index (χ4v) is 1.60. The summed E-state index contributed by atoms with van der Waals surface area (Å²) in [5.41, 5.74) is 0. The Balaban J connectivity index is 2.21. The zero-order valence-corrected chi connectivity index (χ0v) is 7.25. The molecule has 0 heterocycles. The molecule has 1 fully saturated rings. The third-order valence-electron chi connectivity index (χ3n) is 2.00. The van der Waals surface area contributed by atoms with Crippen molar-refractivity contribution in [2.75, 3.05) is 0 Å². The number of hydrogen-bond acceptors (Lipinski definition) is 1. The van der Waals surface area contributed by atoms with Gasteiger partial charge in [0.1, 0.15) is 0 Å². The van der Waals surface area contributed by atoms with Crippen molar-refractivity contribution in [1.82, 2.24) is 0 Å². The SMILES string of the molecule is S=C1[CH]CCCCCCC1. The van der Waals surface area contributed by atoms with Gasteiger partial charge >= 0.3 is 0 Å². The van der Waals surface area contributed by atoms with E-state index in [-0.39, 0.29) is 0 Å². The lowest BCUT2D eigenvalue weighted by molar-refractivity contribution is 0.635. The molecule has 0 aromatic carbocycles. The first-order valence-electron chi connectivity index (χ1n) is 4.25. The first-order chi connectivity index (χ1) is 4.89. The zero-order valence-electron chi connectivity index (χ0n) is 6.44. The van der Waals surface area contributed by atoms with Crippen LogP contribution in [0.1, 0.15) is 44.9 Å². The van der Waals surface area contributed by atoms with E-state index in [0.717, 1.165) is 6.42 Å². The molecule has 57 valence electrons. The molecule has 0 N–H and O–H groups in total. The third-order valence-corrected chi connectivity index (χ3v) is 2.37. The van der Waals surface area contributed by atoms with E-state index in [2.05, 4.69) is 6.42 Å². The Morgan fingerprint density at radius 2 is 1.70 bits per heavy atom. The molecule has 1 aliphatic rings. The van der Waals surface area contributed by atoms with Gasteiger partial charge in [0.15, 0.2) is 0 Å². The van der Waals surface area contributed by atoms with Crippen molar-refractivity contribution in [3.63, 3.8) is 0 Å². The summed E-state index contributed by atoms with van der Waals surface area (Å²) in [6.45, 7) is 0. The van der Waals surface area contributed by atoms with Gasteiger partial charge in [0.25, 0.3) is 0 Å². The van der Waals surface area contributed by atoms with Gasteiger partial charge in [0.2, 0.25) is 0 Å². The Kier molecular flexibility index (Phi) is 3.96. The van der Waals surface area contributed by atoms with Crippen LogP contribution in [0, 0.1) is 6.42 Å². The Labute approximate surface area is 69.0 Å². The second kappa shape index (κ2) is 4.84. The molecule has 0 aliphatic heterocycles. The van der Waals surface area contributed by atoms with Gasteiger partial charge in [-0.15, -0.1) is 0 Å². The number of rotatable bonds is 0. The van der Waals surface area contributed by atoms with E-state index in [1.807, 2.05) is 0 Å². The minimum atomic E-state index is 1.16. The monoisotopic (exact) mass is 155 g/mol. The van der Waals surface area contributed by atoms with Crippen LogP contribution in [0.2, 0.25) is 0 Å². The van der Waals surface area contributed by atoms with Crippen LogP contribution < -0.4 is 0 Å². The lowest BCUT2D eigenvalue weighted by Gasteiger charge is -1.97. The van der Waals surface area contributed by atoms with Gasteiger partial charge in [-0.25, -0.2) is 0 Å². The standard InChI is InChI=1S/C9H15S/c10-9-7-5-3-1-2-4-6-8-9/h7H,1-6,8H2. The largest absolute Gasteiger partial charge is 0.0894 e. The van der Waals surface area contributed by atoms with E-state index in [1.54, 1.807) is 0 Å². The predicted molar refractivity (Wildman–Crippen MR) is 49.2 cm³/mol. The average Bonchev–Trinajstić information content (AvgIpc) is 2.02. The van der Waals surface area contributed by atoms with Gasteiger partial charge in [0.05, 0.1) is 0 Å². The normalized spacial score (nSPS) is 23.0. The van der Waals surface area contributed by atoms with Gasteiger partial charge in [-0.2, -0.15) is 0 Å². The lowest BCUT2D eigenvalue weighted by atomic mass is 10.1. The van der Waals surface area contributed by atoms with Crippen LogP contribution in [0.3, 0.4) is 0 Å². The molecular formula is C9H15S. The van der Waals surface area contributed by atoms with Crippen molar-refractivity contribution in [3.05, 3.63) is 6.42 Å². The van der Waals surface area contributed by atoms with E-state index in [0.29, 0.717) is 0 Å². The summed E-state index contributed by atoms with van der Waals surface area (Å²) in [5, 5.41) is 0. The number of hydrogen-bond donors (Lipinski definition) is 0. The molecule has 1 radical (unpaired) electrons. The molecule has 1 heteroatoms. The third kappa shape index (κ3) is 3.31.